The minimum atomic E-state index is 0. The zero-order valence-electron chi connectivity index (χ0n) is 16.3. The third-order valence-electron chi connectivity index (χ3n) is 4.56. The molecule has 0 saturated carbocycles. The van der Waals surface area contributed by atoms with Crippen LogP contribution < -0.4 is 15.0 Å². The number of hydrogen-bond acceptors (Lipinski definition) is 5. The van der Waals surface area contributed by atoms with Gasteiger partial charge in [-0.05, 0) is 30.7 Å². The normalized spacial score (nSPS) is 14.4. The fourth-order valence-corrected chi connectivity index (χ4v) is 3.19. The summed E-state index contributed by atoms with van der Waals surface area (Å²) in [6, 6.07) is 11.4. The van der Waals surface area contributed by atoms with E-state index in [1.54, 1.807) is 19.3 Å². The number of aromatic hydroxyl groups is 1. The average molecular weight is 497 g/mol. The first-order valence-corrected chi connectivity index (χ1v) is 9.27. The second-order valence-electron chi connectivity index (χ2n) is 6.30. The molecule has 3 rings (SSSR count). The minimum Gasteiger partial charge on any atom is -0.506 e. The third kappa shape index (κ3) is 5.63. The highest BCUT2D eigenvalue weighted by atomic mass is 127. The Morgan fingerprint density at radius 1 is 1.21 bits per heavy atom. The van der Waals surface area contributed by atoms with E-state index in [2.05, 4.69) is 25.1 Å². The van der Waals surface area contributed by atoms with Crippen LogP contribution in [0.4, 0.5) is 5.69 Å². The quantitative estimate of drug-likeness (QED) is 0.376. The Hall–Kier alpha value is -2.23. The molecule has 0 atom stereocenters. The second kappa shape index (κ2) is 10.9. The Morgan fingerprint density at radius 2 is 1.96 bits per heavy atom. The average Bonchev–Trinajstić information content (AvgIpc) is 2.70. The van der Waals surface area contributed by atoms with Crippen LogP contribution in [0.1, 0.15) is 12.5 Å². The Balaban J connectivity index is 0.00000280. The molecule has 0 radical (unpaired) electrons. The number of ether oxygens (including phenoxy) is 1. The molecule has 7 nitrogen and oxygen atoms in total. The van der Waals surface area contributed by atoms with Gasteiger partial charge in [0.1, 0.15) is 5.75 Å². The van der Waals surface area contributed by atoms with Gasteiger partial charge in [-0.2, -0.15) is 0 Å². The first kappa shape index (κ1) is 22.1. The lowest BCUT2D eigenvalue weighted by Crippen LogP contribution is -2.52. The lowest BCUT2D eigenvalue weighted by molar-refractivity contribution is 0.326. The van der Waals surface area contributed by atoms with E-state index >= 15 is 0 Å². The molecule has 0 bridgehead atoms. The molecule has 0 amide bonds. The highest BCUT2D eigenvalue weighted by Crippen LogP contribution is 2.27. The van der Waals surface area contributed by atoms with Gasteiger partial charge in [-0.1, -0.05) is 12.1 Å². The summed E-state index contributed by atoms with van der Waals surface area (Å²) in [5.41, 5.74) is 1.99. The highest BCUT2D eigenvalue weighted by Gasteiger charge is 2.21. The summed E-state index contributed by atoms with van der Waals surface area (Å²) in [4.78, 5) is 13.1. The van der Waals surface area contributed by atoms with Gasteiger partial charge in [-0.25, -0.2) is 4.98 Å². The van der Waals surface area contributed by atoms with Crippen molar-refractivity contribution in [2.24, 2.45) is 4.99 Å². The van der Waals surface area contributed by atoms with Gasteiger partial charge in [0.05, 0.1) is 12.3 Å². The molecule has 2 N–H and O–H groups in total. The largest absolute Gasteiger partial charge is 0.506 e. The van der Waals surface area contributed by atoms with Crippen molar-refractivity contribution < 1.29 is 9.84 Å². The minimum absolute atomic E-state index is 0. The van der Waals surface area contributed by atoms with Crippen LogP contribution in [0.3, 0.4) is 0 Å². The van der Waals surface area contributed by atoms with Crippen molar-refractivity contribution in [1.82, 2.24) is 15.2 Å². The summed E-state index contributed by atoms with van der Waals surface area (Å²) in [6.45, 7) is 6.57. The maximum atomic E-state index is 10.0. The van der Waals surface area contributed by atoms with E-state index in [4.69, 9.17) is 4.74 Å². The van der Waals surface area contributed by atoms with Gasteiger partial charge in [-0.3, -0.25) is 4.99 Å². The van der Waals surface area contributed by atoms with Crippen LogP contribution in [0.25, 0.3) is 0 Å². The molecule has 1 aromatic heterocycles. The topological polar surface area (TPSA) is 73.2 Å². The highest BCUT2D eigenvalue weighted by molar-refractivity contribution is 14.0. The zero-order valence-corrected chi connectivity index (χ0v) is 18.7. The molecule has 1 aliphatic rings. The van der Waals surface area contributed by atoms with Crippen LogP contribution in [0, 0.1) is 0 Å². The van der Waals surface area contributed by atoms with E-state index in [1.165, 1.54) is 0 Å². The molecule has 0 spiro atoms. The number of phenolic OH excluding ortho intramolecular Hbond substituents is 1. The van der Waals surface area contributed by atoms with Crippen LogP contribution in [0.2, 0.25) is 0 Å². The van der Waals surface area contributed by atoms with Crippen molar-refractivity contribution in [2.75, 3.05) is 44.7 Å². The number of aromatic nitrogens is 1. The van der Waals surface area contributed by atoms with Crippen molar-refractivity contribution in [3.8, 4) is 11.6 Å². The monoisotopic (exact) mass is 497 g/mol. The van der Waals surface area contributed by atoms with Crippen molar-refractivity contribution in [2.45, 2.75) is 13.5 Å². The number of guanidine groups is 1. The molecular weight excluding hydrogens is 469 g/mol. The number of rotatable bonds is 5. The van der Waals surface area contributed by atoms with Crippen LogP contribution >= 0.6 is 24.0 Å². The number of hydrogen-bond donors (Lipinski definition) is 2. The maximum Gasteiger partial charge on any atom is 0.213 e. The van der Waals surface area contributed by atoms with E-state index in [1.807, 2.05) is 37.3 Å². The van der Waals surface area contributed by atoms with Gasteiger partial charge in [0, 0.05) is 52.0 Å². The maximum absolute atomic E-state index is 10.0. The fourth-order valence-electron chi connectivity index (χ4n) is 3.19. The molecule has 28 heavy (non-hydrogen) atoms. The first-order valence-electron chi connectivity index (χ1n) is 9.27. The predicted octanol–water partition coefficient (Wildman–Crippen LogP) is 2.70. The molecule has 2 aromatic rings. The van der Waals surface area contributed by atoms with E-state index in [0.29, 0.717) is 24.8 Å². The summed E-state index contributed by atoms with van der Waals surface area (Å²) < 4.78 is 5.45. The number of benzene rings is 1. The summed E-state index contributed by atoms with van der Waals surface area (Å²) in [5.74, 6) is 1.85. The number of phenols is 1. The molecule has 0 aliphatic carbocycles. The summed E-state index contributed by atoms with van der Waals surface area (Å²) in [7, 11) is 1.80. The molecule has 152 valence electrons. The summed E-state index contributed by atoms with van der Waals surface area (Å²) >= 11 is 0. The van der Waals surface area contributed by atoms with E-state index in [9.17, 15) is 5.11 Å². The first-order chi connectivity index (χ1) is 13.2. The van der Waals surface area contributed by atoms with Crippen molar-refractivity contribution in [3.05, 3.63) is 48.2 Å². The molecular formula is C20H28IN5O2. The number of para-hydroxylation sites is 2. The number of anilines is 1. The molecule has 1 aliphatic heterocycles. The van der Waals surface area contributed by atoms with Crippen LogP contribution in [-0.4, -0.2) is 60.8 Å². The van der Waals surface area contributed by atoms with Crippen molar-refractivity contribution in [3.63, 3.8) is 0 Å². The van der Waals surface area contributed by atoms with Crippen molar-refractivity contribution in [1.29, 1.82) is 0 Å². The Morgan fingerprint density at radius 3 is 2.64 bits per heavy atom. The van der Waals surface area contributed by atoms with Crippen LogP contribution in [0.15, 0.2) is 47.6 Å². The standard InChI is InChI=1S/C20H27N5O2.HI/c1-3-27-19-14-16(8-9-22-19)15-23-20(21-2)25-12-10-24(11-13-25)17-6-4-5-7-18(17)26;/h4-9,14,26H,3,10-13,15H2,1-2H3,(H,21,23);1H. The number of nitrogens with one attached hydrogen (secondary N) is 1. The van der Waals surface area contributed by atoms with Gasteiger partial charge in [0.15, 0.2) is 5.96 Å². The van der Waals surface area contributed by atoms with Gasteiger partial charge >= 0.3 is 0 Å². The van der Waals surface area contributed by atoms with Crippen LogP contribution in [-0.2, 0) is 6.54 Å². The molecule has 1 saturated heterocycles. The van der Waals surface area contributed by atoms with Gasteiger partial charge < -0.3 is 25.0 Å². The molecule has 1 aromatic carbocycles. The predicted molar refractivity (Wildman–Crippen MR) is 123 cm³/mol. The lowest BCUT2D eigenvalue weighted by Gasteiger charge is -2.37. The summed E-state index contributed by atoms with van der Waals surface area (Å²) in [6.07, 6.45) is 1.76. The molecule has 0 unspecified atom stereocenters. The Kier molecular flexibility index (Phi) is 8.62. The SMILES string of the molecule is CCOc1cc(CNC(=NC)N2CCN(c3ccccc3O)CC2)ccn1.I. The number of pyridine rings is 1. The van der Waals surface area contributed by atoms with Crippen LogP contribution in [0.5, 0.6) is 11.6 Å². The molecule has 2 heterocycles. The lowest BCUT2D eigenvalue weighted by atomic mass is 10.2. The fraction of sp³-hybridized carbons (Fsp3) is 0.400. The Labute approximate surface area is 183 Å². The van der Waals surface area contributed by atoms with E-state index in [0.717, 1.165) is 43.4 Å². The Bertz CT molecular complexity index is 779. The van der Waals surface area contributed by atoms with E-state index < -0.39 is 0 Å². The van der Waals surface area contributed by atoms with Gasteiger partial charge in [0.2, 0.25) is 5.88 Å². The second-order valence-corrected chi connectivity index (χ2v) is 6.30. The molecule has 1 fully saturated rings. The van der Waals surface area contributed by atoms with Gasteiger partial charge in [-0.15, -0.1) is 24.0 Å². The van der Waals surface area contributed by atoms with Crippen molar-refractivity contribution >= 4 is 35.6 Å². The van der Waals surface area contributed by atoms with Gasteiger partial charge in [0.25, 0.3) is 0 Å². The number of piperazine rings is 1. The third-order valence-corrected chi connectivity index (χ3v) is 4.56. The number of nitrogens with zero attached hydrogens (tertiary/aromatic N) is 4. The summed E-state index contributed by atoms with van der Waals surface area (Å²) in [5, 5.41) is 13.5. The smallest absolute Gasteiger partial charge is 0.213 e. The number of halogens is 1. The molecule has 8 heteroatoms. The number of aliphatic imine (C=N–C) groups is 1. The zero-order chi connectivity index (χ0) is 19.1. The van der Waals surface area contributed by atoms with E-state index in [-0.39, 0.29) is 24.0 Å².